The highest BCUT2D eigenvalue weighted by Crippen LogP contribution is 2.38. The van der Waals surface area contributed by atoms with Crippen LogP contribution in [-0.4, -0.2) is 5.78 Å². The summed E-state index contributed by atoms with van der Waals surface area (Å²) >= 11 is 7.73. The van der Waals surface area contributed by atoms with Gasteiger partial charge in [-0.05, 0) is 36.8 Å². The summed E-state index contributed by atoms with van der Waals surface area (Å²) in [5, 5.41) is 0.755. The molecule has 0 aliphatic rings. The minimum atomic E-state index is 0.0495. The number of ketones is 1. The van der Waals surface area contributed by atoms with E-state index in [1.165, 1.54) is 0 Å². The van der Waals surface area contributed by atoms with E-state index in [0.717, 1.165) is 21.6 Å². The summed E-state index contributed by atoms with van der Waals surface area (Å²) in [6, 6.07) is 25.7. The zero-order chi connectivity index (χ0) is 17.6. The van der Waals surface area contributed by atoms with Gasteiger partial charge in [0.05, 0.1) is 0 Å². The van der Waals surface area contributed by atoms with Crippen LogP contribution in [0.15, 0.2) is 83.8 Å². The molecule has 0 saturated carbocycles. The Hall–Kier alpha value is -2.03. The molecule has 25 heavy (non-hydrogen) atoms. The van der Waals surface area contributed by atoms with E-state index in [1.807, 2.05) is 73.7 Å². The van der Waals surface area contributed by atoms with Crippen LogP contribution in [0.25, 0.3) is 0 Å². The van der Waals surface area contributed by atoms with Crippen LogP contribution in [0.2, 0.25) is 5.02 Å². The molecule has 126 valence electrons. The van der Waals surface area contributed by atoms with Crippen molar-refractivity contribution in [1.29, 1.82) is 0 Å². The Kier molecular flexibility index (Phi) is 5.95. The van der Waals surface area contributed by atoms with E-state index < -0.39 is 0 Å². The van der Waals surface area contributed by atoms with Crippen molar-refractivity contribution < 1.29 is 4.79 Å². The van der Waals surface area contributed by atoms with Gasteiger partial charge in [0.2, 0.25) is 0 Å². The Morgan fingerprint density at radius 3 is 2.20 bits per heavy atom. The highest BCUT2D eigenvalue weighted by atomic mass is 35.5. The molecule has 0 fully saturated rings. The van der Waals surface area contributed by atoms with Crippen molar-refractivity contribution in [2.75, 3.05) is 0 Å². The molecule has 0 aliphatic carbocycles. The van der Waals surface area contributed by atoms with Crippen LogP contribution >= 0.6 is 23.4 Å². The maximum Gasteiger partial charge on any atom is 0.164 e. The molecule has 0 saturated heterocycles. The average molecular weight is 367 g/mol. The van der Waals surface area contributed by atoms with Crippen LogP contribution in [0, 0.1) is 6.92 Å². The number of carbonyl (C=O) groups is 1. The normalized spacial score (nSPS) is 11.9. The molecule has 0 spiro atoms. The molecule has 0 amide bonds. The number of hydrogen-bond donors (Lipinski definition) is 0. The third kappa shape index (κ3) is 4.97. The fraction of sp³-hybridized carbons (Fsp3) is 0.136. The van der Waals surface area contributed by atoms with Crippen molar-refractivity contribution in [3.8, 4) is 0 Å². The predicted molar refractivity (Wildman–Crippen MR) is 107 cm³/mol. The first-order chi connectivity index (χ1) is 12.1. The summed E-state index contributed by atoms with van der Waals surface area (Å²) in [7, 11) is 0. The monoisotopic (exact) mass is 366 g/mol. The lowest BCUT2D eigenvalue weighted by Gasteiger charge is -2.17. The lowest BCUT2D eigenvalue weighted by molar-refractivity contribution is 0.0982. The molecule has 0 aromatic heterocycles. The van der Waals surface area contributed by atoms with E-state index in [9.17, 15) is 4.79 Å². The van der Waals surface area contributed by atoms with E-state index in [-0.39, 0.29) is 11.0 Å². The zero-order valence-electron chi connectivity index (χ0n) is 14.0. The first kappa shape index (κ1) is 17.8. The summed E-state index contributed by atoms with van der Waals surface area (Å²) in [6.07, 6.45) is 0.449. The summed E-state index contributed by atoms with van der Waals surface area (Å²) < 4.78 is 0. The van der Waals surface area contributed by atoms with Crippen molar-refractivity contribution in [3.05, 3.63) is 101 Å². The van der Waals surface area contributed by atoms with Gasteiger partial charge in [0, 0.05) is 27.2 Å². The van der Waals surface area contributed by atoms with Gasteiger partial charge in [-0.25, -0.2) is 0 Å². The molecule has 0 radical (unpaired) electrons. The first-order valence-electron chi connectivity index (χ1n) is 8.19. The maximum atomic E-state index is 12.8. The molecule has 3 rings (SSSR count). The van der Waals surface area contributed by atoms with E-state index in [4.69, 9.17) is 11.6 Å². The van der Waals surface area contributed by atoms with Crippen molar-refractivity contribution in [3.63, 3.8) is 0 Å². The van der Waals surface area contributed by atoms with Crippen molar-refractivity contribution in [2.24, 2.45) is 0 Å². The summed E-state index contributed by atoms with van der Waals surface area (Å²) in [5.74, 6) is 0.156. The summed E-state index contributed by atoms with van der Waals surface area (Å²) in [6.45, 7) is 2.02. The number of Topliss-reactive ketones (excluding diaryl/α,β-unsaturated/α-hetero) is 1. The maximum absolute atomic E-state index is 12.8. The molecule has 3 heteroatoms. The number of aryl methyl sites for hydroxylation is 1. The fourth-order valence-corrected chi connectivity index (χ4v) is 3.89. The number of thioether (sulfide) groups is 1. The van der Waals surface area contributed by atoms with E-state index in [0.29, 0.717) is 11.4 Å². The molecule has 0 aliphatic heterocycles. The molecule has 0 heterocycles. The van der Waals surface area contributed by atoms with Gasteiger partial charge >= 0.3 is 0 Å². The number of hydrogen-bond acceptors (Lipinski definition) is 2. The van der Waals surface area contributed by atoms with Crippen LogP contribution in [0.4, 0.5) is 0 Å². The third-order valence-electron chi connectivity index (χ3n) is 4.01. The van der Waals surface area contributed by atoms with E-state index in [1.54, 1.807) is 11.8 Å². The standard InChI is InChI=1S/C22H19ClOS/c1-16-7-9-17(10-8-16)21(24)15-22(18-11-13-19(23)14-12-18)25-20-5-3-2-4-6-20/h2-14,22H,15H2,1H3. The first-order valence-corrected chi connectivity index (χ1v) is 9.44. The average Bonchev–Trinajstić information content (AvgIpc) is 2.63. The van der Waals surface area contributed by atoms with Crippen molar-refractivity contribution in [1.82, 2.24) is 0 Å². The largest absolute Gasteiger partial charge is 0.294 e. The van der Waals surface area contributed by atoms with Crippen LogP contribution < -0.4 is 0 Å². The van der Waals surface area contributed by atoms with Gasteiger partial charge in [0.25, 0.3) is 0 Å². The molecule has 1 unspecified atom stereocenters. The lowest BCUT2D eigenvalue weighted by Crippen LogP contribution is -2.05. The Morgan fingerprint density at radius 1 is 0.920 bits per heavy atom. The third-order valence-corrected chi connectivity index (χ3v) is 5.53. The second-order valence-corrected chi connectivity index (χ2v) is 7.68. The van der Waals surface area contributed by atoms with Gasteiger partial charge in [-0.1, -0.05) is 71.8 Å². The lowest BCUT2D eigenvalue weighted by atomic mass is 10.0. The highest BCUT2D eigenvalue weighted by molar-refractivity contribution is 7.99. The Balaban J connectivity index is 1.83. The van der Waals surface area contributed by atoms with Crippen molar-refractivity contribution in [2.45, 2.75) is 23.5 Å². The summed E-state index contributed by atoms with van der Waals surface area (Å²) in [5.41, 5.74) is 3.03. The van der Waals surface area contributed by atoms with Crippen LogP contribution in [0.1, 0.15) is 33.2 Å². The number of benzene rings is 3. The number of rotatable bonds is 6. The van der Waals surface area contributed by atoms with Crippen LogP contribution in [0.5, 0.6) is 0 Å². The Bertz CT molecular complexity index is 826. The van der Waals surface area contributed by atoms with Crippen LogP contribution in [-0.2, 0) is 0 Å². The highest BCUT2D eigenvalue weighted by Gasteiger charge is 2.18. The van der Waals surface area contributed by atoms with E-state index >= 15 is 0 Å². The molecular weight excluding hydrogens is 348 g/mol. The molecule has 0 N–H and O–H groups in total. The van der Waals surface area contributed by atoms with Crippen LogP contribution in [0.3, 0.4) is 0 Å². The van der Waals surface area contributed by atoms with Gasteiger partial charge in [-0.15, -0.1) is 11.8 Å². The molecule has 1 nitrogen and oxygen atoms in total. The minimum absolute atomic E-state index is 0.0495. The molecule has 1 atom stereocenters. The van der Waals surface area contributed by atoms with Gasteiger partial charge in [-0.3, -0.25) is 4.79 Å². The van der Waals surface area contributed by atoms with Gasteiger partial charge in [0.1, 0.15) is 0 Å². The van der Waals surface area contributed by atoms with E-state index in [2.05, 4.69) is 12.1 Å². The quantitative estimate of drug-likeness (QED) is 0.354. The second kappa shape index (κ2) is 8.37. The van der Waals surface area contributed by atoms with Gasteiger partial charge in [0.15, 0.2) is 5.78 Å². The predicted octanol–water partition coefficient (Wildman–Crippen LogP) is 6.75. The smallest absolute Gasteiger partial charge is 0.164 e. The molecule has 3 aromatic carbocycles. The van der Waals surface area contributed by atoms with Gasteiger partial charge in [-0.2, -0.15) is 0 Å². The number of halogens is 1. The second-order valence-electron chi connectivity index (χ2n) is 5.96. The minimum Gasteiger partial charge on any atom is -0.294 e. The molecule has 0 bridgehead atoms. The number of carbonyl (C=O) groups excluding carboxylic acids is 1. The van der Waals surface area contributed by atoms with Crippen molar-refractivity contribution >= 4 is 29.1 Å². The topological polar surface area (TPSA) is 17.1 Å². The zero-order valence-corrected chi connectivity index (χ0v) is 15.6. The fourth-order valence-electron chi connectivity index (χ4n) is 2.59. The molecule has 3 aromatic rings. The summed E-state index contributed by atoms with van der Waals surface area (Å²) in [4.78, 5) is 13.9. The SMILES string of the molecule is Cc1ccc(C(=O)CC(Sc2ccccc2)c2ccc(Cl)cc2)cc1. The van der Waals surface area contributed by atoms with Gasteiger partial charge < -0.3 is 0 Å². The molecular formula is C22H19ClOS. The Morgan fingerprint density at radius 2 is 1.56 bits per heavy atom. The Labute approximate surface area is 158 Å².